The smallest absolute Gasteiger partial charge is 0.256 e. The number of anilines is 1. The number of para-hydroxylation sites is 1. The van der Waals surface area contributed by atoms with Crippen LogP contribution >= 0.6 is 11.6 Å². The molecule has 0 aromatic heterocycles. The zero-order chi connectivity index (χ0) is 15.4. The molecule has 0 bridgehead atoms. The quantitative estimate of drug-likeness (QED) is 0.875. The molecule has 0 fully saturated rings. The van der Waals surface area contributed by atoms with Crippen molar-refractivity contribution in [3.05, 3.63) is 64.4 Å². The summed E-state index contributed by atoms with van der Waals surface area (Å²) in [7, 11) is 0. The summed E-state index contributed by atoms with van der Waals surface area (Å²) < 4.78 is 13.2. The first-order chi connectivity index (χ1) is 10.0. The Balaban J connectivity index is 2.25. The molecule has 0 aliphatic heterocycles. The number of benzene rings is 2. The van der Waals surface area contributed by atoms with Crippen molar-refractivity contribution in [3.8, 4) is 0 Å². The highest BCUT2D eigenvalue weighted by atomic mass is 35.5. The normalized spacial score (nSPS) is 10.4. The molecule has 0 spiro atoms. The third-order valence-electron chi connectivity index (χ3n) is 3.21. The van der Waals surface area contributed by atoms with Gasteiger partial charge >= 0.3 is 0 Å². The van der Waals surface area contributed by atoms with Crippen molar-refractivity contribution in [2.24, 2.45) is 0 Å². The fourth-order valence-electron chi connectivity index (χ4n) is 2.08. The highest BCUT2D eigenvalue weighted by molar-refractivity contribution is 6.33. The lowest BCUT2D eigenvalue weighted by molar-refractivity contribution is 0.0753. The molecule has 1 amide bonds. The number of rotatable bonds is 4. The zero-order valence-corrected chi connectivity index (χ0v) is 12.4. The standard InChI is InChI=1S/C16H16ClFN2O/c1-2-20(10-11-5-3-6-12(18)9-11)16(21)13-7-4-8-14(17)15(13)19/h3-9H,2,10,19H2,1H3. The highest BCUT2D eigenvalue weighted by Gasteiger charge is 2.18. The number of carbonyl (C=O) groups is 1. The molecule has 2 aromatic rings. The Hall–Kier alpha value is -2.07. The average molecular weight is 307 g/mol. The van der Waals surface area contributed by atoms with Gasteiger partial charge in [0.05, 0.1) is 16.3 Å². The first-order valence-corrected chi connectivity index (χ1v) is 6.98. The SMILES string of the molecule is CCN(Cc1cccc(F)c1)C(=O)c1cccc(Cl)c1N. The monoisotopic (exact) mass is 306 g/mol. The van der Waals surface area contributed by atoms with Gasteiger partial charge in [0.25, 0.3) is 5.91 Å². The summed E-state index contributed by atoms with van der Waals surface area (Å²) in [6, 6.07) is 11.1. The second-order valence-electron chi connectivity index (χ2n) is 4.65. The van der Waals surface area contributed by atoms with E-state index in [4.69, 9.17) is 17.3 Å². The van der Waals surface area contributed by atoms with Gasteiger partial charge in [-0.05, 0) is 36.8 Å². The van der Waals surface area contributed by atoms with E-state index < -0.39 is 0 Å². The van der Waals surface area contributed by atoms with Crippen LogP contribution in [0.4, 0.5) is 10.1 Å². The van der Waals surface area contributed by atoms with Crippen LogP contribution in [0.1, 0.15) is 22.8 Å². The molecule has 110 valence electrons. The van der Waals surface area contributed by atoms with Crippen LogP contribution < -0.4 is 5.73 Å². The van der Waals surface area contributed by atoms with E-state index in [0.717, 1.165) is 5.56 Å². The number of hydrogen-bond acceptors (Lipinski definition) is 2. The van der Waals surface area contributed by atoms with Gasteiger partial charge in [0.1, 0.15) is 5.82 Å². The molecule has 2 N–H and O–H groups in total. The van der Waals surface area contributed by atoms with Gasteiger partial charge in [-0.15, -0.1) is 0 Å². The fourth-order valence-corrected chi connectivity index (χ4v) is 2.25. The van der Waals surface area contributed by atoms with E-state index in [1.807, 2.05) is 6.92 Å². The summed E-state index contributed by atoms with van der Waals surface area (Å²) in [6.07, 6.45) is 0. The molecule has 0 aliphatic carbocycles. The van der Waals surface area contributed by atoms with Crippen molar-refractivity contribution in [1.82, 2.24) is 4.90 Å². The molecule has 21 heavy (non-hydrogen) atoms. The van der Waals surface area contributed by atoms with Crippen LogP contribution in [0.3, 0.4) is 0 Å². The first kappa shape index (κ1) is 15.3. The summed E-state index contributed by atoms with van der Waals surface area (Å²) in [5, 5.41) is 0.350. The molecule has 0 saturated carbocycles. The average Bonchev–Trinajstić information content (AvgIpc) is 2.47. The molecule has 0 radical (unpaired) electrons. The molecule has 0 saturated heterocycles. The molecular weight excluding hydrogens is 291 g/mol. The van der Waals surface area contributed by atoms with E-state index >= 15 is 0 Å². The number of hydrogen-bond donors (Lipinski definition) is 1. The predicted octanol–water partition coefficient (Wildman–Crippen LogP) is 3.72. The maximum absolute atomic E-state index is 13.2. The van der Waals surface area contributed by atoms with Gasteiger partial charge in [-0.1, -0.05) is 29.8 Å². The Morgan fingerprint density at radius 3 is 2.67 bits per heavy atom. The van der Waals surface area contributed by atoms with E-state index in [1.165, 1.54) is 12.1 Å². The molecule has 2 rings (SSSR count). The van der Waals surface area contributed by atoms with Gasteiger partial charge in [-0.25, -0.2) is 4.39 Å². The van der Waals surface area contributed by atoms with Crippen LogP contribution in [0.5, 0.6) is 0 Å². The summed E-state index contributed by atoms with van der Waals surface area (Å²) >= 11 is 5.94. The Morgan fingerprint density at radius 2 is 2.00 bits per heavy atom. The number of halogens is 2. The molecule has 5 heteroatoms. The maximum atomic E-state index is 13.2. The van der Waals surface area contributed by atoms with E-state index in [2.05, 4.69) is 0 Å². The molecular formula is C16H16ClFN2O. The van der Waals surface area contributed by atoms with Crippen molar-refractivity contribution in [1.29, 1.82) is 0 Å². The summed E-state index contributed by atoms with van der Waals surface area (Å²) in [5.41, 5.74) is 7.21. The zero-order valence-electron chi connectivity index (χ0n) is 11.6. The number of nitrogen functional groups attached to an aromatic ring is 1. The number of nitrogens with zero attached hydrogens (tertiary/aromatic N) is 1. The lowest BCUT2D eigenvalue weighted by Gasteiger charge is -2.22. The van der Waals surface area contributed by atoms with Crippen LogP contribution in [-0.4, -0.2) is 17.4 Å². The lowest BCUT2D eigenvalue weighted by Crippen LogP contribution is -2.31. The van der Waals surface area contributed by atoms with Crippen LogP contribution in [0.15, 0.2) is 42.5 Å². The van der Waals surface area contributed by atoms with Crippen LogP contribution in [0, 0.1) is 5.82 Å². The Bertz CT molecular complexity index is 660. The Kier molecular flexibility index (Phi) is 4.81. The van der Waals surface area contributed by atoms with Gasteiger partial charge in [-0.3, -0.25) is 4.79 Å². The van der Waals surface area contributed by atoms with E-state index in [9.17, 15) is 9.18 Å². The van der Waals surface area contributed by atoms with Gasteiger partial charge in [0.15, 0.2) is 0 Å². The van der Waals surface area contributed by atoms with Gasteiger partial charge in [-0.2, -0.15) is 0 Å². The predicted molar refractivity (Wildman–Crippen MR) is 82.7 cm³/mol. The lowest BCUT2D eigenvalue weighted by atomic mass is 10.1. The van der Waals surface area contributed by atoms with E-state index in [-0.39, 0.29) is 17.4 Å². The minimum Gasteiger partial charge on any atom is -0.397 e. The maximum Gasteiger partial charge on any atom is 0.256 e. The molecule has 3 nitrogen and oxygen atoms in total. The molecule has 0 unspecified atom stereocenters. The third-order valence-corrected chi connectivity index (χ3v) is 3.54. The second-order valence-corrected chi connectivity index (χ2v) is 5.06. The summed E-state index contributed by atoms with van der Waals surface area (Å²) in [6.45, 7) is 2.66. The number of amides is 1. The van der Waals surface area contributed by atoms with Crippen molar-refractivity contribution in [2.75, 3.05) is 12.3 Å². The summed E-state index contributed by atoms with van der Waals surface area (Å²) in [4.78, 5) is 14.1. The number of nitrogens with two attached hydrogens (primary N) is 1. The Morgan fingerprint density at radius 1 is 1.29 bits per heavy atom. The largest absolute Gasteiger partial charge is 0.397 e. The van der Waals surface area contributed by atoms with E-state index in [0.29, 0.717) is 23.7 Å². The van der Waals surface area contributed by atoms with Gasteiger partial charge in [0.2, 0.25) is 0 Å². The molecule has 0 aliphatic rings. The molecule has 0 atom stereocenters. The van der Waals surface area contributed by atoms with Crippen LogP contribution in [0.25, 0.3) is 0 Å². The fraction of sp³-hybridized carbons (Fsp3) is 0.188. The van der Waals surface area contributed by atoms with E-state index in [1.54, 1.807) is 35.2 Å². The molecule has 0 heterocycles. The van der Waals surface area contributed by atoms with Crippen molar-refractivity contribution in [2.45, 2.75) is 13.5 Å². The van der Waals surface area contributed by atoms with Gasteiger partial charge < -0.3 is 10.6 Å². The van der Waals surface area contributed by atoms with Crippen LogP contribution in [-0.2, 0) is 6.54 Å². The Labute approximate surface area is 128 Å². The first-order valence-electron chi connectivity index (χ1n) is 6.60. The van der Waals surface area contributed by atoms with Crippen molar-refractivity contribution >= 4 is 23.2 Å². The number of carbonyl (C=O) groups excluding carboxylic acids is 1. The topological polar surface area (TPSA) is 46.3 Å². The van der Waals surface area contributed by atoms with Crippen LogP contribution in [0.2, 0.25) is 5.02 Å². The van der Waals surface area contributed by atoms with Crippen molar-refractivity contribution in [3.63, 3.8) is 0 Å². The van der Waals surface area contributed by atoms with Gasteiger partial charge in [0, 0.05) is 13.1 Å². The minimum atomic E-state index is -0.321. The highest BCUT2D eigenvalue weighted by Crippen LogP contribution is 2.24. The minimum absolute atomic E-state index is 0.221. The second kappa shape index (κ2) is 6.59. The molecule has 2 aromatic carbocycles. The third kappa shape index (κ3) is 3.52. The summed E-state index contributed by atoms with van der Waals surface area (Å²) in [5.74, 6) is -0.542. The van der Waals surface area contributed by atoms with Crippen molar-refractivity contribution < 1.29 is 9.18 Å².